The molecule has 7 N–H and O–H groups in total. The Kier molecular flexibility index (Phi) is 3.36. The summed E-state index contributed by atoms with van der Waals surface area (Å²) in [6.45, 7) is 1.39. The summed E-state index contributed by atoms with van der Waals surface area (Å²) < 4.78 is 0. The summed E-state index contributed by atoms with van der Waals surface area (Å²) in [4.78, 5) is 0. The molecule has 0 bridgehead atoms. The van der Waals surface area contributed by atoms with E-state index < -0.39 is 11.7 Å². The molecule has 0 saturated heterocycles. The number of aliphatic hydroxyl groups is 4. The van der Waals surface area contributed by atoms with Gasteiger partial charge < -0.3 is 26.2 Å². The predicted octanol–water partition coefficient (Wildman–Crippen LogP) is -3.13. The second-order valence-corrected chi connectivity index (χ2v) is 2.42. The Labute approximate surface area is 64.3 Å². The van der Waals surface area contributed by atoms with Gasteiger partial charge in [-0.1, -0.05) is 0 Å². The topological polar surface area (TPSA) is 119 Å². The lowest BCUT2D eigenvalue weighted by atomic mass is 10.2. The Morgan fingerprint density at radius 3 is 2.00 bits per heavy atom. The standard InChI is InChI=1S/C5H14N2O4/c1-4(8,5(9,10)11)7-3-2-6/h7-11H,2-3,6H2,1H3. The van der Waals surface area contributed by atoms with Crippen molar-refractivity contribution in [3.8, 4) is 0 Å². The van der Waals surface area contributed by atoms with Crippen LogP contribution in [0.2, 0.25) is 0 Å². The molecule has 0 radical (unpaired) electrons. The lowest BCUT2D eigenvalue weighted by Crippen LogP contribution is -2.62. The van der Waals surface area contributed by atoms with Crippen LogP contribution in [-0.2, 0) is 0 Å². The molecule has 0 fully saturated rings. The zero-order valence-electron chi connectivity index (χ0n) is 6.28. The maximum absolute atomic E-state index is 9.07. The first-order chi connectivity index (χ1) is 4.81. The molecule has 0 aliphatic carbocycles. The quantitative estimate of drug-likeness (QED) is 0.246. The minimum absolute atomic E-state index is 0.163. The maximum Gasteiger partial charge on any atom is 0.320 e. The van der Waals surface area contributed by atoms with E-state index in [1.54, 1.807) is 0 Å². The van der Waals surface area contributed by atoms with Gasteiger partial charge in [0.1, 0.15) is 0 Å². The summed E-state index contributed by atoms with van der Waals surface area (Å²) >= 11 is 0. The van der Waals surface area contributed by atoms with Crippen LogP contribution in [0.1, 0.15) is 6.92 Å². The molecular formula is C5H14N2O4. The second kappa shape index (κ2) is 3.44. The number of nitrogens with one attached hydrogen (secondary N) is 1. The number of nitrogens with two attached hydrogens (primary N) is 1. The van der Waals surface area contributed by atoms with Gasteiger partial charge >= 0.3 is 5.97 Å². The fourth-order valence-electron chi connectivity index (χ4n) is 0.434. The highest BCUT2D eigenvalue weighted by Crippen LogP contribution is 2.11. The molecule has 1 unspecified atom stereocenters. The van der Waals surface area contributed by atoms with Gasteiger partial charge in [-0.15, -0.1) is 0 Å². The average molecular weight is 166 g/mol. The van der Waals surface area contributed by atoms with Crippen LogP contribution in [0.3, 0.4) is 0 Å². The van der Waals surface area contributed by atoms with E-state index in [-0.39, 0.29) is 13.1 Å². The zero-order valence-corrected chi connectivity index (χ0v) is 6.28. The summed E-state index contributed by atoms with van der Waals surface area (Å²) in [6, 6.07) is 0. The van der Waals surface area contributed by atoms with Crippen LogP contribution in [0.4, 0.5) is 0 Å². The Morgan fingerprint density at radius 1 is 1.27 bits per heavy atom. The summed E-state index contributed by atoms with van der Waals surface area (Å²) in [5.74, 6) is -3.16. The van der Waals surface area contributed by atoms with Crippen molar-refractivity contribution >= 4 is 0 Å². The summed E-state index contributed by atoms with van der Waals surface area (Å²) in [5.41, 5.74) is 2.89. The number of rotatable bonds is 4. The van der Waals surface area contributed by atoms with Gasteiger partial charge in [0.05, 0.1) is 0 Å². The van der Waals surface area contributed by atoms with E-state index in [2.05, 4.69) is 5.32 Å². The highest BCUT2D eigenvalue weighted by Gasteiger charge is 2.42. The van der Waals surface area contributed by atoms with Crippen molar-refractivity contribution in [1.82, 2.24) is 5.32 Å². The monoisotopic (exact) mass is 166 g/mol. The second-order valence-electron chi connectivity index (χ2n) is 2.42. The normalized spacial score (nSPS) is 18.0. The third kappa shape index (κ3) is 3.10. The van der Waals surface area contributed by atoms with Crippen molar-refractivity contribution in [2.45, 2.75) is 18.6 Å². The van der Waals surface area contributed by atoms with Crippen molar-refractivity contribution in [3.05, 3.63) is 0 Å². The van der Waals surface area contributed by atoms with Gasteiger partial charge in [0.2, 0.25) is 0 Å². The molecule has 1 atom stereocenters. The lowest BCUT2D eigenvalue weighted by molar-refractivity contribution is -0.393. The summed E-state index contributed by atoms with van der Waals surface area (Å²) in [6.07, 6.45) is 0. The first-order valence-electron chi connectivity index (χ1n) is 3.16. The molecule has 0 saturated carbocycles. The van der Waals surface area contributed by atoms with Crippen LogP contribution < -0.4 is 11.1 Å². The minimum Gasteiger partial charge on any atom is -0.369 e. The molecule has 0 spiro atoms. The van der Waals surface area contributed by atoms with Crippen molar-refractivity contribution in [2.24, 2.45) is 5.73 Å². The lowest BCUT2D eigenvalue weighted by Gasteiger charge is -2.32. The predicted molar refractivity (Wildman–Crippen MR) is 37.1 cm³/mol. The molecule has 0 amide bonds. The molecule has 11 heavy (non-hydrogen) atoms. The van der Waals surface area contributed by atoms with Crippen molar-refractivity contribution < 1.29 is 20.4 Å². The summed E-state index contributed by atoms with van der Waals surface area (Å²) in [7, 11) is 0. The van der Waals surface area contributed by atoms with Crippen molar-refractivity contribution in [2.75, 3.05) is 13.1 Å². The smallest absolute Gasteiger partial charge is 0.320 e. The zero-order chi connectivity index (χ0) is 9.12. The summed E-state index contributed by atoms with van der Waals surface area (Å²) in [5, 5.41) is 36.9. The Balaban J connectivity index is 4.00. The fraction of sp³-hybridized carbons (Fsp3) is 1.00. The van der Waals surface area contributed by atoms with Gasteiger partial charge in [-0.2, -0.15) is 0 Å². The molecule has 6 heteroatoms. The Morgan fingerprint density at radius 2 is 1.73 bits per heavy atom. The minimum atomic E-state index is -3.16. The molecule has 0 rings (SSSR count). The van der Waals surface area contributed by atoms with Crippen LogP contribution in [0.5, 0.6) is 0 Å². The van der Waals surface area contributed by atoms with Crippen LogP contribution in [0, 0.1) is 0 Å². The van der Waals surface area contributed by atoms with E-state index in [4.69, 9.17) is 26.2 Å². The highest BCUT2D eigenvalue weighted by atomic mass is 16.7. The van der Waals surface area contributed by atoms with Crippen molar-refractivity contribution in [1.29, 1.82) is 0 Å². The van der Waals surface area contributed by atoms with E-state index in [1.165, 1.54) is 0 Å². The average Bonchev–Trinajstić information content (AvgIpc) is 1.81. The fourth-order valence-corrected chi connectivity index (χ4v) is 0.434. The SMILES string of the molecule is CC(O)(NCCN)C(O)(O)O. The molecule has 0 aliphatic rings. The third-order valence-electron chi connectivity index (χ3n) is 1.27. The van der Waals surface area contributed by atoms with E-state index in [0.29, 0.717) is 0 Å². The van der Waals surface area contributed by atoms with Crippen LogP contribution in [0.25, 0.3) is 0 Å². The van der Waals surface area contributed by atoms with E-state index >= 15 is 0 Å². The Bertz CT molecular complexity index is 120. The van der Waals surface area contributed by atoms with Gasteiger partial charge in [-0.3, -0.25) is 5.32 Å². The highest BCUT2D eigenvalue weighted by molar-refractivity contribution is 4.76. The van der Waals surface area contributed by atoms with E-state index in [1.807, 2.05) is 0 Å². The van der Waals surface area contributed by atoms with Crippen LogP contribution in [0.15, 0.2) is 0 Å². The molecule has 0 aromatic carbocycles. The third-order valence-corrected chi connectivity index (χ3v) is 1.27. The van der Waals surface area contributed by atoms with Gasteiger partial charge in [0, 0.05) is 13.1 Å². The molecule has 0 aliphatic heterocycles. The first kappa shape index (κ1) is 10.8. The molecule has 6 nitrogen and oxygen atoms in total. The number of hydrogen-bond acceptors (Lipinski definition) is 6. The molecule has 0 heterocycles. The molecular weight excluding hydrogens is 152 g/mol. The Hall–Kier alpha value is -0.240. The van der Waals surface area contributed by atoms with E-state index in [9.17, 15) is 0 Å². The van der Waals surface area contributed by atoms with Gasteiger partial charge in [-0.05, 0) is 6.92 Å². The van der Waals surface area contributed by atoms with Crippen molar-refractivity contribution in [3.63, 3.8) is 0 Å². The van der Waals surface area contributed by atoms with Gasteiger partial charge in [0.25, 0.3) is 0 Å². The van der Waals surface area contributed by atoms with Crippen LogP contribution >= 0.6 is 0 Å². The maximum atomic E-state index is 9.07. The first-order valence-corrected chi connectivity index (χ1v) is 3.16. The molecule has 0 aromatic heterocycles. The largest absolute Gasteiger partial charge is 0.369 e. The molecule has 0 aromatic rings. The molecule has 68 valence electrons. The van der Waals surface area contributed by atoms with Gasteiger partial charge in [-0.25, -0.2) is 0 Å². The van der Waals surface area contributed by atoms with Gasteiger partial charge in [0.15, 0.2) is 5.72 Å². The van der Waals surface area contributed by atoms with E-state index in [0.717, 1.165) is 6.92 Å². The van der Waals surface area contributed by atoms with Crippen LogP contribution in [-0.4, -0.2) is 45.2 Å². The number of hydrogen-bond donors (Lipinski definition) is 6.